The highest BCUT2D eigenvalue weighted by atomic mass is 35.5. The second-order valence-corrected chi connectivity index (χ2v) is 11.0. The first-order valence-electron chi connectivity index (χ1n) is 12.9. The lowest BCUT2D eigenvalue weighted by molar-refractivity contribution is -0.123. The minimum atomic E-state index is -0.899. The molecular weight excluding hydrogens is 502 g/mol. The van der Waals surface area contributed by atoms with Gasteiger partial charge in [0.05, 0.1) is 23.8 Å². The van der Waals surface area contributed by atoms with Crippen molar-refractivity contribution in [2.75, 3.05) is 13.2 Å². The fraction of sp³-hybridized carbons (Fsp3) is 0.536. The van der Waals surface area contributed by atoms with E-state index in [1.54, 1.807) is 12.1 Å². The third-order valence-electron chi connectivity index (χ3n) is 7.75. The molecule has 1 saturated heterocycles. The van der Waals surface area contributed by atoms with Crippen LogP contribution in [-0.2, 0) is 4.79 Å². The zero-order valence-corrected chi connectivity index (χ0v) is 21.8. The molecule has 1 amide bonds. The summed E-state index contributed by atoms with van der Waals surface area (Å²) >= 11 is 12.4. The predicted molar refractivity (Wildman–Crippen MR) is 141 cm³/mol. The van der Waals surface area contributed by atoms with Crippen LogP contribution in [0.15, 0.2) is 42.5 Å². The Morgan fingerprint density at radius 3 is 2.50 bits per heavy atom. The van der Waals surface area contributed by atoms with Crippen LogP contribution in [0.25, 0.3) is 0 Å². The molecule has 0 bridgehead atoms. The highest BCUT2D eigenvalue weighted by Crippen LogP contribution is 2.47. The summed E-state index contributed by atoms with van der Waals surface area (Å²) in [5.74, 6) is -0.846. The van der Waals surface area contributed by atoms with Crippen LogP contribution in [0.4, 0.5) is 4.39 Å². The van der Waals surface area contributed by atoms with Gasteiger partial charge in [-0.3, -0.25) is 4.79 Å². The number of aliphatic hydroxyl groups is 2. The van der Waals surface area contributed by atoms with Crippen LogP contribution in [0.5, 0.6) is 0 Å². The Bertz CT molecular complexity index is 1020. The molecule has 0 aromatic heterocycles. The van der Waals surface area contributed by atoms with Gasteiger partial charge >= 0.3 is 0 Å². The van der Waals surface area contributed by atoms with Crippen molar-refractivity contribution in [1.29, 1.82) is 0 Å². The second kappa shape index (κ2) is 12.7. The molecule has 5 atom stereocenters. The molecule has 4 rings (SSSR count). The van der Waals surface area contributed by atoms with Crippen LogP contribution >= 0.6 is 23.2 Å². The van der Waals surface area contributed by atoms with Crippen LogP contribution in [0.3, 0.4) is 0 Å². The molecule has 8 heteroatoms. The van der Waals surface area contributed by atoms with Crippen molar-refractivity contribution >= 4 is 29.1 Å². The highest BCUT2D eigenvalue weighted by molar-refractivity contribution is 6.31. The summed E-state index contributed by atoms with van der Waals surface area (Å²) in [6.07, 6.45) is 6.25. The van der Waals surface area contributed by atoms with Crippen molar-refractivity contribution in [3.8, 4) is 0 Å². The minimum Gasteiger partial charge on any atom is -0.394 e. The number of aliphatic hydroxyl groups excluding tert-OH is 2. The molecule has 2 aliphatic rings. The molecule has 4 unspecified atom stereocenters. The number of carbonyl (C=O) groups excluding carboxylic acids is 1. The van der Waals surface area contributed by atoms with E-state index in [4.69, 9.17) is 28.3 Å². The van der Waals surface area contributed by atoms with E-state index in [2.05, 4.69) is 10.6 Å². The van der Waals surface area contributed by atoms with Gasteiger partial charge in [0, 0.05) is 29.4 Å². The number of nitrogens with one attached hydrogen (secondary N) is 2. The third-order valence-corrected chi connectivity index (χ3v) is 8.29. The maximum absolute atomic E-state index is 15.5. The van der Waals surface area contributed by atoms with Gasteiger partial charge in [-0.15, -0.1) is 0 Å². The Labute approximate surface area is 222 Å². The van der Waals surface area contributed by atoms with Gasteiger partial charge in [-0.1, -0.05) is 79.6 Å². The van der Waals surface area contributed by atoms with Gasteiger partial charge < -0.3 is 20.8 Å². The van der Waals surface area contributed by atoms with E-state index in [9.17, 15) is 9.90 Å². The lowest BCUT2D eigenvalue weighted by Crippen LogP contribution is -2.46. The normalized spacial score (nSPS) is 25.6. The Hall–Kier alpha value is -1.70. The topological polar surface area (TPSA) is 81.6 Å². The van der Waals surface area contributed by atoms with Crippen LogP contribution in [0.2, 0.25) is 10.0 Å². The largest absolute Gasteiger partial charge is 0.394 e. The van der Waals surface area contributed by atoms with Crippen LogP contribution in [-0.4, -0.2) is 47.5 Å². The minimum absolute atomic E-state index is 0.0308. The summed E-state index contributed by atoms with van der Waals surface area (Å²) in [6, 6.07) is 11.9. The molecule has 2 fully saturated rings. The van der Waals surface area contributed by atoms with Gasteiger partial charge in [-0.05, 0) is 48.1 Å². The van der Waals surface area contributed by atoms with Gasteiger partial charge in [0.15, 0.2) is 0 Å². The average Bonchev–Trinajstić information content (AvgIpc) is 3.25. The Morgan fingerprint density at radius 2 is 1.81 bits per heavy atom. The van der Waals surface area contributed by atoms with Gasteiger partial charge in [0.25, 0.3) is 0 Å². The molecule has 1 saturated carbocycles. The van der Waals surface area contributed by atoms with Crippen molar-refractivity contribution in [1.82, 2.24) is 10.6 Å². The van der Waals surface area contributed by atoms with Crippen molar-refractivity contribution in [2.45, 2.75) is 75.0 Å². The van der Waals surface area contributed by atoms with E-state index >= 15 is 4.39 Å². The van der Waals surface area contributed by atoms with E-state index < -0.39 is 23.9 Å². The molecule has 1 heterocycles. The number of benzene rings is 2. The van der Waals surface area contributed by atoms with E-state index in [0.717, 1.165) is 24.8 Å². The Balaban J connectivity index is 1.70. The maximum Gasteiger partial charge on any atom is 0.237 e. The number of amides is 1. The molecule has 1 aliphatic carbocycles. The molecule has 2 aromatic carbocycles. The van der Waals surface area contributed by atoms with Gasteiger partial charge in [0.1, 0.15) is 5.82 Å². The standard InChI is InChI=1S/C28H35Cl2FN2O3/c29-19-11-9-18(10-12-19)24-23(15-17-5-2-1-3-6-17)33-27(28(36)32-14-13-20(35)16-34)25(24)21-7-4-8-22(30)26(21)31/h4,7-12,17,20,23-25,27,33-35H,1-3,5-6,13-16H2,(H,32,36)/t20-,23?,24?,25?,27?/m0/s1. The molecule has 36 heavy (non-hydrogen) atoms. The summed E-state index contributed by atoms with van der Waals surface area (Å²) in [6.45, 7) is -0.154. The summed E-state index contributed by atoms with van der Waals surface area (Å²) < 4.78 is 15.5. The molecule has 0 spiro atoms. The summed E-state index contributed by atoms with van der Waals surface area (Å²) in [4.78, 5) is 13.5. The second-order valence-electron chi connectivity index (χ2n) is 10.2. The average molecular weight is 538 g/mol. The van der Waals surface area contributed by atoms with Gasteiger partial charge in [-0.25, -0.2) is 4.39 Å². The van der Waals surface area contributed by atoms with Crippen molar-refractivity contribution in [3.05, 3.63) is 69.5 Å². The van der Waals surface area contributed by atoms with E-state index in [0.29, 0.717) is 16.5 Å². The van der Waals surface area contributed by atoms with Gasteiger partial charge in [-0.2, -0.15) is 0 Å². The predicted octanol–water partition coefficient (Wildman–Crippen LogP) is 5.17. The smallest absolute Gasteiger partial charge is 0.237 e. The summed E-state index contributed by atoms with van der Waals surface area (Å²) in [5.41, 5.74) is 1.42. The zero-order chi connectivity index (χ0) is 25.7. The molecule has 196 valence electrons. The number of hydrogen-bond acceptors (Lipinski definition) is 4. The maximum atomic E-state index is 15.5. The molecule has 0 radical (unpaired) electrons. The van der Waals surface area contributed by atoms with E-state index in [1.807, 2.05) is 24.3 Å². The molecule has 5 nitrogen and oxygen atoms in total. The highest BCUT2D eigenvalue weighted by Gasteiger charge is 2.48. The molecular formula is C28H35Cl2FN2O3. The number of carbonyl (C=O) groups is 1. The zero-order valence-electron chi connectivity index (χ0n) is 20.3. The van der Waals surface area contributed by atoms with Gasteiger partial charge in [0.2, 0.25) is 5.91 Å². The quantitative estimate of drug-likeness (QED) is 0.356. The molecule has 1 aliphatic heterocycles. The number of rotatable bonds is 9. The van der Waals surface area contributed by atoms with E-state index in [1.165, 1.54) is 25.3 Å². The monoisotopic (exact) mass is 536 g/mol. The lowest BCUT2D eigenvalue weighted by Gasteiger charge is -2.30. The van der Waals surface area contributed by atoms with Crippen LogP contribution < -0.4 is 10.6 Å². The molecule has 2 aromatic rings. The summed E-state index contributed by atoms with van der Waals surface area (Å²) in [5, 5.41) is 25.9. The Kier molecular flexibility index (Phi) is 9.65. The van der Waals surface area contributed by atoms with Crippen molar-refractivity contribution in [2.24, 2.45) is 5.92 Å². The Morgan fingerprint density at radius 1 is 1.08 bits per heavy atom. The first kappa shape index (κ1) is 27.3. The first-order valence-corrected chi connectivity index (χ1v) is 13.7. The molecule has 4 N–H and O–H groups in total. The lowest BCUT2D eigenvalue weighted by atomic mass is 9.74. The number of halogens is 3. The fourth-order valence-corrected chi connectivity index (χ4v) is 6.28. The van der Waals surface area contributed by atoms with Crippen molar-refractivity contribution < 1.29 is 19.4 Å². The van der Waals surface area contributed by atoms with Crippen LogP contribution in [0.1, 0.15) is 67.9 Å². The third kappa shape index (κ3) is 6.40. The fourth-order valence-electron chi connectivity index (χ4n) is 5.97. The number of hydrogen-bond donors (Lipinski definition) is 4. The van der Waals surface area contributed by atoms with E-state index in [-0.39, 0.29) is 42.5 Å². The van der Waals surface area contributed by atoms with Crippen molar-refractivity contribution in [3.63, 3.8) is 0 Å². The van der Waals surface area contributed by atoms with Crippen LogP contribution in [0, 0.1) is 11.7 Å². The SMILES string of the molecule is O=C(NCC[C@H](O)CO)C1NC(CC2CCCCC2)C(c2ccc(Cl)cc2)C1c1cccc(Cl)c1F. The first-order chi connectivity index (χ1) is 17.4. The summed E-state index contributed by atoms with van der Waals surface area (Å²) in [7, 11) is 0.